The monoisotopic (exact) mass is 313 g/mol. The summed E-state index contributed by atoms with van der Waals surface area (Å²) >= 11 is 0. The second-order valence-electron chi connectivity index (χ2n) is 6.93. The molecule has 5 nitrogen and oxygen atoms in total. The molecule has 0 radical (unpaired) electrons. The maximum atomic E-state index is 12.4. The first-order valence-corrected chi connectivity index (χ1v) is 8.00. The number of anilines is 1. The largest absolute Gasteiger partial charge is 0.443 e. The lowest BCUT2D eigenvalue weighted by atomic mass is 9.99. The van der Waals surface area contributed by atoms with Gasteiger partial charge in [-0.2, -0.15) is 0 Å². The quantitative estimate of drug-likeness (QED) is 0.851. The molecule has 1 amide bonds. The predicted octanol–water partition coefficient (Wildman–Crippen LogP) is 3.62. The summed E-state index contributed by atoms with van der Waals surface area (Å²) in [6.07, 6.45) is 7.23. The van der Waals surface area contributed by atoms with Crippen LogP contribution >= 0.6 is 0 Å². The van der Waals surface area contributed by atoms with E-state index in [1.54, 1.807) is 11.1 Å². The highest BCUT2D eigenvalue weighted by molar-refractivity contribution is 5.89. The number of hydrogen-bond acceptors (Lipinski definition) is 3. The van der Waals surface area contributed by atoms with E-state index >= 15 is 0 Å². The Morgan fingerprint density at radius 3 is 2.87 bits per heavy atom. The van der Waals surface area contributed by atoms with Crippen LogP contribution < -0.4 is 4.90 Å². The number of carbonyl (C=O) groups is 1. The van der Waals surface area contributed by atoms with Crippen molar-refractivity contribution in [1.29, 1.82) is 0 Å². The van der Waals surface area contributed by atoms with E-state index in [1.165, 1.54) is 11.1 Å². The van der Waals surface area contributed by atoms with Gasteiger partial charge in [0.15, 0.2) is 0 Å². The Labute approximate surface area is 136 Å². The molecule has 2 aromatic rings. The number of rotatable bonds is 2. The molecule has 0 atom stereocenters. The summed E-state index contributed by atoms with van der Waals surface area (Å²) in [6, 6.07) is 6.29. The Morgan fingerprint density at radius 1 is 1.35 bits per heavy atom. The van der Waals surface area contributed by atoms with E-state index in [9.17, 15) is 4.79 Å². The van der Waals surface area contributed by atoms with Gasteiger partial charge < -0.3 is 9.30 Å². The highest BCUT2D eigenvalue weighted by Crippen LogP contribution is 2.29. The summed E-state index contributed by atoms with van der Waals surface area (Å²) in [5.74, 6) is 0. The first-order chi connectivity index (χ1) is 10.9. The smallest absolute Gasteiger partial charge is 0.414 e. The molecule has 1 aliphatic rings. The third-order valence-corrected chi connectivity index (χ3v) is 3.80. The molecule has 3 rings (SSSR count). The molecule has 23 heavy (non-hydrogen) atoms. The van der Waals surface area contributed by atoms with E-state index in [-0.39, 0.29) is 6.09 Å². The summed E-state index contributed by atoms with van der Waals surface area (Å²) < 4.78 is 7.56. The van der Waals surface area contributed by atoms with Crippen LogP contribution in [0.4, 0.5) is 10.5 Å². The lowest BCUT2D eigenvalue weighted by Gasteiger charge is -2.32. The second kappa shape index (κ2) is 6.07. The number of imidazole rings is 1. The summed E-state index contributed by atoms with van der Waals surface area (Å²) in [6.45, 7) is 7.18. The van der Waals surface area contributed by atoms with Crippen molar-refractivity contribution < 1.29 is 9.53 Å². The summed E-state index contributed by atoms with van der Waals surface area (Å²) in [5, 5.41) is 0. The van der Waals surface area contributed by atoms with Crippen LogP contribution in [-0.4, -0.2) is 27.8 Å². The molecule has 0 spiro atoms. The lowest BCUT2D eigenvalue weighted by molar-refractivity contribution is 0.0578. The molecule has 5 heteroatoms. The van der Waals surface area contributed by atoms with E-state index in [0.717, 1.165) is 25.1 Å². The molecule has 122 valence electrons. The van der Waals surface area contributed by atoms with E-state index in [0.29, 0.717) is 6.54 Å². The first-order valence-electron chi connectivity index (χ1n) is 8.00. The average Bonchev–Trinajstić information content (AvgIpc) is 2.97. The minimum Gasteiger partial charge on any atom is -0.443 e. The Hall–Kier alpha value is -2.30. The minimum atomic E-state index is -0.476. The van der Waals surface area contributed by atoms with E-state index in [1.807, 2.05) is 43.9 Å². The molecule has 0 bridgehead atoms. The summed E-state index contributed by atoms with van der Waals surface area (Å²) in [5.41, 5.74) is 2.92. The number of amides is 1. The summed E-state index contributed by atoms with van der Waals surface area (Å²) in [4.78, 5) is 18.2. The standard InChI is InChI=1S/C18H23N3O2/c1-18(2,3)23-17(22)21-9-4-5-15-11-14(6-7-16(15)21)12-20-10-8-19-13-20/h6-8,10-11,13H,4-5,9,12H2,1-3H3. The SMILES string of the molecule is CC(C)(C)OC(=O)N1CCCc2cc(Cn3ccnc3)ccc21. The molecular formula is C18H23N3O2. The van der Waals surface area contributed by atoms with Crippen LogP contribution in [0.25, 0.3) is 0 Å². The van der Waals surface area contributed by atoms with Crippen molar-refractivity contribution in [3.05, 3.63) is 48.0 Å². The zero-order valence-corrected chi connectivity index (χ0v) is 14.0. The molecule has 0 fully saturated rings. The molecule has 2 heterocycles. The second-order valence-corrected chi connectivity index (χ2v) is 6.93. The maximum absolute atomic E-state index is 12.4. The Bertz CT molecular complexity index is 687. The number of nitrogens with zero attached hydrogens (tertiary/aromatic N) is 3. The molecule has 1 aromatic heterocycles. The number of fused-ring (bicyclic) bond motifs is 1. The van der Waals surface area contributed by atoms with Crippen molar-refractivity contribution in [1.82, 2.24) is 9.55 Å². The summed E-state index contributed by atoms with van der Waals surface area (Å²) in [7, 11) is 0. The first kappa shape index (κ1) is 15.6. The van der Waals surface area contributed by atoms with Crippen molar-refractivity contribution in [2.24, 2.45) is 0 Å². The third-order valence-electron chi connectivity index (χ3n) is 3.80. The fourth-order valence-corrected chi connectivity index (χ4v) is 2.85. The van der Waals surface area contributed by atoms with Gasteiger partial charge in [-0.25, -0.2) is 9.78 Å². The third kappa shape index (κ3) is 3.73. The van der Waals surface area contributed by atoms with Crippen LogP contribution in [0.1, 0.15) is 38.3 Å². The predicted molar refractivity (Wildman–Crippen MR) is 89.7 cm³/mol. The van der Waals surface area contributed by atoms with E-state index in [4.69, 9.17) is 4.74 Å². The van der Waals surface area contributed by atoms with Gasteiger partial charge in [-0.1, -0.05) is 12.1 Å². The highest BCUT2D eigenvalue weighted by Gasteiger charge is 2.27. The average molecular weight is 313 g/mol. The van der Waals surface area contributed by atoms with Crippen molar-refractivity contribution >= 4 is 11.8 Å². The molecule has 0 N–H and O–H groups in total. The van der Waals surface area contributed by atoms with Gasteiger partial charge >= 0.3 is 6.09 Å². The van der Waals surface area contributed by atoms with Crippen molar-refractivity contribution in [2.45, 2.75) is 45.8 Å². The number of aryl methyl sites for hydroxylation is 1. The van der Waals surface area contributed by atoms with Gasteiger partial charge in [-0.05, 0) is 50.8 Å². The maximum Gasteiger partial charge on any atom is 0.414 e. The molecule has 0 saturated carbocycles. The van der Waals surface area contributed by atoms with Gasteiger partial charge in [-0.3, -0.25) is 4.90 Å². The van der Waals surface area contributed by atoms with Crippen molar-refractivity contribution in [3.8, 4) is 0 Å². The number of aromatic nitrogens is 2. The molecule has 0 saturated heterocycles. The molecule has 1 aromatic carbocycles. The highest BCUT2D eigenvalue weighted by atomic mass is 16.6. The number of carbonyl (C=O) groups excluding carboxylic acids is 1. The van der Waals surface area contributed by atoms with Crippen molar-refractivity contribution in [2.75, 3.05) is 11.4 Å². The van der Waals surface area contributed by atoms with Gasteiger partial charge in [0.25, 0.3) is 0 Å². The van der Waals surface area contributed by atoms with Crippen molar-refractivity contribution in [3.63, 3.8) is 0 Å². The zero-order chi connectivity index (χ0) is 16.4. The fourth-order valence-electron chi connectivity index (χ4n) is 2.85. The molecular weight excluding hydrogens is 290 g/mol. The topological polar surface area (TPSA) is 47.4 Å². The fraction of sp³-hybridized carbons (Fsp3) is 0.444. The molecule has 1 aliphatic heterocycles. The lowest BCUT2D eigenvalue weighted by Crippen LogP contribution is -2.39. The molecule has 0 aliphatic carbocycles. The van der Waals surface area contributed by atoms with Gasteiger partial charge in [0.1, 0.15) is 5.60 Å². The van der Waals surface area contributed by atoms with Crippen LogP contribution in [0.2, 0.25) is 0 Å². The Morgan fingerprint density at radius 2 is 2.17 bits per heavy atom. The van der Waals surface area contributed by atoms with Crippen LogP contribution in [0.15, 0.2) is 36.9 Å². The van der Waals surface area contributed by atoms with Gasteiger partial charge in [0.05, 0.1) is 12.0 Å². The van der Waals surface area contributed by atoms with Crippen LogP contribution in [0.5, 0.6) is 0 Å². The number of hydrogen-bond donors (Lipinski definition) is 0. The minimum absolute atomic E-state index is 0.263. The van der Waals surface area contributed by atoms with Crippen LogP contribution in [-0.2, 0) is 17.7 Å². The van der Waals surface area contributed by atoms with Crippen LogP contribution in [0.3, 0.4) is 0 Å². The van der Waals surface area contributed by atoms with Crippen LogP contribution in [0, 0.1) is 0 Å². The Balaban J connectivity index is 1.81. The van der Waals surface area contributed by atoms with Gasteiger partial charge in [0, 0.05) is 25.5 Å². The zero-order valence-electron chi connectivity index (χ0n) is 14.0. The Kier molecular flexibility index (Phi) is 4.11. The molecule has 0 unspecified atom stereocenters. The van der Waals surface area contributed by atoms with Gasteiger partial charge in [0.2, 0.25) is 0 Å². The van der Waals surface area contributed by atoms with E-state index < -0.39 is 5.60 Å². The number of benzene rings is 1. The normalized spacial score (nSPS) is 14.5. The van der Waals surface area contributed by atoms with E-state index in [2.05, 4.69) is 17.1 Å². The number of ether oxygens (including phenoxy) is 1. The van der Waals surface area contributed by atoms with Gasteiger partial charge in [-0.15, -0.1) is 0 Å².